The monoisotopic (exact) mass is 279 g/mol. The molecule has 1 saturated heterocycles. The van der Waals surface area contributed by atoms with Crippen LogP contribution in [-0.4, -0.2) is 34.6 Å². The van der Waals surface area contributed by atoms with Crippen LogP contribution in [-0.2, 0) is 6.54 Å². The van der Waals surface area contributed by atoms with E-state index in [0.29, 0.717) is 11.6 Å². The van der Waals surface area contributed by atoms with E-state index in [9.17, 15) is 0 Å². The molecule has 0 amide bonds. The molecule has 1 unspecified atom stereocenters. The molecule has 0 bridgehead atoms. The largest absolute Gasteiger partial charge is 0.311 e. The Morgan fingerprint density at radius 3 is 2.89 bits per heavy atom. The summed E-state index contributed by atoms with van der Waals surface area (Å²) in [5.74, 6) is 0. The zero-order valence-corrected chi connectivity index (χ0v) is 12.9. The van der Waals surface area contributed by atoms with Gasteiger partial charge in [0.05, 0.1) is 6.54 Å². The highest BCUT2D eigenvalue weighted by Crippen LogP contribution is 2.36. The van der Waals surface area contributed by atoms with Gasteiger partial charge < -0.3 is 5.32 Å². The average molecular weight is 279 g/mol. The highest BCUT2D eigenvalue weighted by atomic mass is 32.1. The predicted molar refractivity (Wildman–Crippen MR) is 80.5 cm³/mol. The summed E-state index contributed by atoms with van der Waals surface area (Å²) in [6.07, 6.45) is 6.92. The SMILES string of the molecule is Cc1csc(CN2CC(C)NCC23CCCCC3)n1. The first kappa shape index (κ1) is 13.5. The standard InChI is InChI=1S/C15H25N3S/c1-12-8-18(9-14-17-13(2)10-19-14)15(11-16-12)6-4-3-5-7-15/h10,12,16H,3-9,11H2,1-2H3. The topological polar surface area (TPSA) is 28.2 Å². The minimum atomic E-state index is 0.407. The normalized spacial score (nSPS) is 27.8. The van der Waals surface area contributed by atoms with Crippen LogP contribution >= 0.6 is 11.3 Å². The zero-order valence-electron chi connectivity index (χ0n) is 12.1. The molecule has 1 spiro atoms. The Balaban J connectivity index is 1.77. The molecular weight excluding hydrogens is 254 g/mol. The second-order valence-corrected chi connectivity index (χ2v) is 7.27. The molecule has 3 rings (SSSR count). The predicted octanol–water partition coefficient (Wildman–Crippen LogP) is 2.95. The highest BCUT2D eigenvalue weighted by Gasteiger charge is 2.41. The molecule has 1 aromatic rings. The average Bonchev–Trinajstić information content (AvgIpc) is 2.81. The summed E-state index contributed by atoms with van der Waals surface area (Å²) in [6.45, 7) is 7.77. The van der Waals surface area contributed by atoms with Crippen molar-refractivity contribution in [1.29, 1.82) is 0 Å². The fourth-order valence-electron chi connectivity index (χ4n) is 3.64. The molecule has 2 fully saturated rings. The molecule has 4 heteroatoms. The zero-order chi connectivity index (χ0) is 13.3. The third kappa shape index (κ3) is 2.86. The van der Waals surface area contributed by atoms with Crippen molar-refractivity contribution in [3.8, 4) is 0 Å². The summed E-state index contributed by atoms with van der Waals surface area (Å²) in [7, 11) is 0. The summed E-state index contributed by atoms with van der Waals surface area (Å²) in [6, 6.07) is 0.605. The van der Waals surface area contributed by atoms with Crippen LogP contribution in [0.25, 0.3) is 0 Å². The molecule has 1 aliphatic heterocycles. The Morgan fingerprint density at radius 2 is 2.21 bits per heavy atom. The van der Waals surface area contributed by atoms with E-state index in [4.69, 9.17) is 0 Å². The van der Waals surface area contributed by atoms with E-state index in [-0.39, 0.29) is 0 Å². The van der Waals surface area contributed by atoms with Gasteiger partial charge in [-0.3, -0.25) is 4.90 Å². The van der Waals surface area contributed by atoms with E-state index in [0.717, 1.165) is 6.54 Å². The van der Waals surface area contributed by atoms with Gasteiger partial charge in [-0.15, -0.1) is 11.3 Å². The van der Waals surface area contributed by atoms with Crippen molar-refractivity contribution in [2.24, 2.45) is 0 Å². The quantitative estimate of drug-likeness (QED) is 0.902. The van der Waals surface area contributed by atoms with Crippen LogP contribution in [0.2, 0.25) is 0 Å². The number of piperazine rings is 1. The lowest BCUT2D eigenvalue weighted by molar-refractivity contribution is 0.00612. The van der Waals surface area contributed by atoms with Crippen molar-refractivity contribution in [2.75, 3.05) is 13.1 Å². The minimum absolute atomic E-state index is 0.407. The number of aryl methyl sites for hydroxylation is 1. The van der Waals surface area contributed by atoms with Crippen molar-refractivity contribution >= 4 is 11.3 Å². The van der Waals surface area contributed by atoms with Crippen LogP contribution in [0.4, 0.5) is 0 Å². The summed E-state index contributed by atoms with van der Waals surface area (Å²) in [5, 5.41) is 7.17. The van der Waals surface area contributed by atoms with Crippen LogP contribution in [0.3, 0.4) is 0 Å². The lowest BCUT2D eigenvalue weighted by Crippen LogP contribution is -2.64. The Kier molecular flexibility index (Phi) is 3.92. The van der Waals surface area contributed by atoms with Gasteiger partial charge in [-0.05, 0) is 26.7 Å². The van der Waals surface area contributed by atoms with Gasteiger partial charge in [0.2, 0.25) is 0 Å². The second kappa shape index (κ2) is 5.51. The lowest BCUT2D eigenvalue weighted by Gasteiger charge is -2.51. The number of rotatable bonds is 2. The van der Waals surface area contributed by atoms with E-state index >= 15 is 0 Å². The van der Waals surface area contributed by atoms with Gasteiger partial charge in [-0.1, -0.05) is 19.3 Å². The summed E-state index contributed by atoms with van der Waals surface area (Å²) < 4.78 is 0. The Morgan fingerprint density at radius 1 is 1.42 bits per heavy atom. The Hall–Kier alpha value is -0.450. The molecule has 0 radical (unpaired) electrons. The molecule has 1 aliphatic carbocycles. The van der Waals surface area contributed by atoms with E-state index in [1.807, 2.05) is 11.3 Å². The van der Waals surface area contributed by atoms with E-state index in [1.54, 1.807) is 0 Å². The lowest BCUT2D eigenvalue weighted by atomic mass is 9.78. The first-order valence-electron chi connectivity index (χ1n) is 7.57. The third-order valence-electron chi connectivity index (χ3n) is 4.72. The second-order valence-electron chi connectivity index (χ2n) is 6.33. The van der Waals surface area contributed by atoms with Gasteiger partial charge in [0.15, 0.2) is 0 Å². The summed E-state index contributed by atoms with van der Waals surface area (Å²) in [4.78, 5) is 7.39. The van der Waals surface area contributed by atoms with Crippen LogP contribution in [0.5, 0.6) is 0 Å². The van der Waals surface area contributed by atoms with E-state index in [2.05, 4.69) is 34.4 Å². The summed E-state index contributed by atoms with van der Waals surface area (Å²) in [5.41, 5.74) is 1.57. The number of thiazole rings is 1. The minimum Gasteiger partial charge on any atom is -0.311 e. The molecule has 1 aromatic heterocycles. The van der Waals surface area contributed by atoms with Crippen molar-refractivity contribution in [3.63, 3.8) is 0 Å². The fraction of sp³-hybridized carbons (Fsp3) is 0.800. The van der Waals surface area contributed by atoms with Crippen LogP contribution in [0.15, 0.2) is 5.38 Å². The number of aromatic nitrogens is 1. The number of nitrogens with zero attached hydrogens (tertiary/aromatic N) is 2. The highest BCUT2D eigenvalue weighted by molar-refractivity contribution is 7.09. The maximum Gasteiger partial charge on any atom is 0.107 e. The van der Waals surface area contributed by atoms with Crippen molar-refractivity contribution in [3.05, 3.63) is 16.1 Å². The van der Waals surface area contributed by atoms with Gasteiger partial charge >= 0.3 is 0 Å². The molecular formula is C15H25N3S. The first-order chi connectivity index (χ1) is 9.18. The smallest absolute Gasteiger partial charge is 0.107 e. The molecule has 2 aliphatic rings. The molecule has 0 aromatic carbocycles. The van der Waals surface area contributed by atoms with E-state index in [1.165, 1.54) is 55.9 Å². The molecule has 19 heavy (non-hydrogen) atoms. The maximum atomic E-state index is 4.66. The maximum absolute atomic E-state index is 4.66. The van der Waals surface area contributed by atoms with Crippen LogP contribution in [0, 0.1) is 6.92 Å². The Bertz CT molecular complexity index is 423. The fourth-order valence-corrected chi connectivity index (χ4v) is 4.42. The van der Waals surface area contributed by atoms with Gasteiger partial charge in [0.25, 0.3) is 0 Å². The molecule has 2 heterocycles. The van der Waals surface area contributed by atoms with Crippen molar-refractivity contribution < 1.29 is 0 Å². The Labute approximate surface area is 120 Å². The molecule has 1 saturated carbocycles. The number of hydrogen-bond acceptors (Lipinski definition) is 4. The molecule has 106 valence electrons. The number of nitrogens with one attached hydrogen (secondary N) is 1. The van der Waals surface area contributed by atoms with Gasteiger partial charge in [0.1, 0.15) is 5.01 Å². The first-order valence-corrected chi connectivity index (χ1v) is 8.45. The third-order valence-corrected chi connectivity index (χ3v) is 5.67. The molecule has 1 N–H and O–H groups in total. The van der Waals surface area contributed by atoms with E-state index < -0.39 is 0 Å². The van der Waals surface area contributed by atoms with Crippen molar-refractivity contribution in [2.45, 2.75) is 64.1 Å². The van der Waals surface area contributed by atoms with Gasteiger partial charge in [-0.25, -0.2) is 4.98 Å². The summed E-state index contributed by atoms with van der Waals surface area (Å²) >= 11 is 1.82. The molecule has 3 nitrogen and oxygen atoms in total. The van der Waals surface area contributed by atoms with Crippen LogP contribution < -0.4 is 5.32 Å². The van der Waals surface area contributed by atoms with Crippen LogP contribution in [0.1, 0.15) is 49.7 Å². The van der Waals surface area contributed by atoms with Crippen molar-refractivity contribution in [1.82, 2.24) is 15.2 Å². The van der Waals surface area contributed by atoms with Gasteiger partial charge in [-0.2, -0.15) is 0 Å². The number of hydrogen-bond donors (Lipinski definition) is 1. The molecule has 1 atom stereocenters. The van der Waals surface area contributed by atoms with Gasteiger partial charge in [0, 0.05) is 35.7 Å².